The second-order valence-corrected chi connectivity index (χ2v) is 2.77. The molecule has 5 nitrogen and oxygen atoms in total. The Bertz CT molecular complexity index is 396. The van der Waals surface area contributed by atoms with Crippen LogP contribution in [0.3, 0.4) is 0 Å². The first-order chi connectivity index (χ1) is 6.97. The third-order valence-electron chi connectivity index (χ3n) is 1.77. The maximum Gasteiger partial charge on any atom is 0.364 e. The van der Waals surface area contributed by atoms with Gasteiger partial charge in [-0.15, -0.1) is 0 Å². The third kappa shape index (κ3) is 2.17. The average molecular weight is 218 g/mol. The number of aryl methyl sites for hydroxylation is 1. The summed E-state index contributed by atoms with van der Waals surface area (Å²) < 4.78 is 29.7. The standard InChI is InChI=1S/C8H8F2N2O3/c1-4-3-5(12(13)14)11-6(8(9)10)7(4)15-2/h3,8H,1-2H3. The molecule has 0 N–H and O–H groups in total. The number of nitrogens with zero attached hydrogens (tertiary/aromatic N) is 2. The van der Waals surface area contributed by atoms with E-state index in [0.717, 1.165) is 6.07 Å². The molecule has 0 aliphatic heterocycles. The second kappa shape index (κ2) is 4.16. The Hall–Kier alpha value is -1.79. The van der Waals surface area contributed by atoms with Gasteiger partial charge in [-0.2, -0.15) is 0 Å². The fraction of sp³-hybridized carbons (Fsp3) is 0.375. The quantitative estimate of drug-likeness (QED) is 0.576. The van der Waals surface area contributed by atoms with Crippen molar-refractivity contribution in [2.24, 2.45) is 0 Å². The lowest BCUT2D eigenvalue weighted by atomic mass is 10.2. The largest absolute Gasteiger partial charge is 0.492 e. The van der Waals surface area contributed by atoms with E-state index in [4.69, 9.17) is 4.74 Å². The maximum atomic E-state index is 12.5. The lowest BCUT2D eigenvalue weighted by molar-refractivity contribution is -0.389. The highest BCUT2D eigenvalue weighted by molar-refractivity contribution is 5.42. The summed E-state index contributed by atoms with van der Waals surface area (Å²) in [6.07, 6.45) is -2.90. The number of hydrogen-bond acceptors (Lipinski definition) is 4. The Labute approximate surface area is 83.8 Å². The molecule has 0 aliphatic carbocycles. The van der Waals surface area contributed by atoms with E-state index in [9.17, 15) is 18.9 Å². The monoisotopic (exact) mass is 218 g/mol. The van der Waals surface area contributed by atoms with Gasteiger partial charge in [0, 0.05) is 11.6 Å². The molecule has 0 saturated heterocycles. The van der Waals surface area contributed by atoms with Gasteiger partial charge in [0.15, 0.2) is 5.75 Å². The van der Waals surface area contributed by atoms with Gasteiger partial charge < -0.3 is 14.9 Å². The molecule has 0 atom stereocenters. The molecule has 0 spiro atoms. The van der Waals surface area contributed by atoms with E-state index in [1.807, 2.05) is 0 Å². The van der Waals surface area contributed by atoms with Crippen LogP contribution in [0.4, 0.5) is 14.6 Å². The smallest absolute Gasteiger partial charge is 0.364 e. The van der Waals surface area contributed by atoms with E-state index in [2.05, 4.69) is 4.98 Å². The number of pyridine rings is 1. The second-order valence-electron chi connectivity index (χ2n) is 2.77. The summed E-state index contributed by atoms with van der Waals surface area (Å²) in [4.78, 5) is 12.8. The Balaban J connectivity index is 3.38. The molecule has 1 rings (SSSR count). The number of methoxy groups -OCH3 is 1. The summed E-state index contributed by atoms with van der Waals surface area (Å²) in [6.45, 7) is 1.44. The molecule has 0 saturated carbocycles. The number of nitro groups is 1. The Kier molecular flexibility index (Phi) is 3.13. The first kappa shape index (κ1) is 11.3. The van der Waals surface area contributed by atoms with Crippen molar-refractivity contribution in [3.05, 3.63) is 27.4 Å². The van der Waals surface area contributed by atoms with Gasteiger partial charge in [0.2, 0.25) is 0 Å². The molecule has 7 heteroatoms. The fourth-order valence-electron chi connectivity index (χ4n) is 1.17. The highest BCUT2D eigenvalue weighted by Gasteiger charge is 2.26. The molecule has 1 aromatic rings. The first-order valence-corrected chi connectivity index (χ1v) is 3.95. The highest BCUT2D eigenvalue weighted by atomic mass is 19.3. The van der Waals surface area contributed by atoms with Crippen LogP contribution in [0, 0.1) is 17.0 Å². The highest BCUT2D eigenvalue weighted by Crippen LogP contribution is 2.32. The summed E-state index contributed by atoms with van der Waals surface area (Å²) in [6, 6.07) is 1.09. The van der Waals surface area contributed by atoms with E-state index >= 15 is 0 Å². The summed E-state index contributed by atoms with van der Waals surface area (Å²) in [5.41, 5.74) is -0.446. The van der Waals surface area contributed by atoms with Crippen LogP contribution in [-0.4, -0.2) is 17.0 Å². The van der Waals surface area contributed by atoms with Gasteiger partial charge in [0.25, 0.3) is 5.69 Å². The molecule has 0 radical (unpaired) electrons. The molecule has 0 unspecified atom stereocenters. The zero-order valence-corrected chi connectivity index (χ0v) is 8.03. The zero-order valence-electron chi connectivity index (χ0n) is 8.03. The van der Waals surface area contributed by atoms with Crippen LogP contribution in [0.15, 0.2) is 6.07 Å². The van der Waals surface area contributed by atoms with Crippen molar-refractivity contribution in [2.75, 3.05) is 7.11 Å². The average Bonchev–Trinajstić information content (AvgIpc) is 2.16. The van der Waals surface area contributed by atoms with E-state index in [1.54, 1.807) is 0 Å². The predicted octanol–water partition coefficient (Wildman–Crippen LogP) is 2.24. The Morgan fingerprint density at radius 3 is 2.60 bits per heavy atom. The van der Waals surface area contributed by atoms with E-state index in [1.165, 1.54) is 14.0 Å². The van der Waals surface area contributed by atoms with Gasteiger partial charge in [0.05, 0.1) is 7.11 Å². The minimum absolute atomic E-state index is 0.115. The summed E-state index contributed by atoms with van der Waals surface area (Å²) in [7, 11) is 1.21. The first-order valence-electron chi connectivity index (χ1n) is 3.95. The van der Waals surface area contributed by atoms with Crippen molar-refractivity contribution < 1.29 is 18.4 Å². The van der Waals surface area contributed by atoms with Crippen molar-refractivity contribution in [2.45, 2.75) is 13.3 Å². The number of alkyl halides is 2. The van der Waals surface area contributed by atoms with Gasteiger partial charge in [0.1, 0.15) is 0 Å². The molecular formula is C8H8F2N2O3. The lowest BCUT2D eigenvalue weighted by Gasteiger charge is -2.06. The van der Waals surface area contributed by atoms with Crippen LogP contribution in [0.25, 0.3) is 0 Å². The number of halogens is 2. The van der Waals surface area contributed by atoms with Gasteiger partial charge in [-0.1, -0.05) is 0 Å². The van der Waals surface area contributed by atoms with Crippen LogP contribution in [-0.2, 0) is 0 Å². The van der Waals surface area contributed by atoms with Crippen molar-refractivity contribution in [1.29, 1.82) is 0 Å². The molecule has 0 fully saturated rings. The van der Waals surface area contributed by atoms with Crippen molar-refractivity contribution in [1.82, 2.24) is 4.98 Å². The molecule has 82 valence electrons. The SMILES string of the molecule is COc1c(C)cc([N+](=O)[O-])nc1C(F)F. The van der Waals surface area contributed by atoms with Gasteiger partial charge in [-0.3, -0.25) is 0 Å². The molecule has 0 aliphatic rings. The minimum atomic E-state index is -2.90. The Morgan fingerprint density at radius 2 is 2.20 bits per heavy atom. The minimum Gasteiger partial charge on any atom is -0.492 e. The topological polar surface area (TPSA) is 65.3 Å². The van der Waals surface area contributed by atoms with Crippen molar-refractivity contribution in [3.63, 3.8) is 0 Å². The number of aromatic nitrogens is 1. The van der Waals surface area contributed by atoms with Crippen LogP contribution < -0.4 is 4.74 Å². The maximum absolute atomic E-state index is 12.5. The lowest BCUT2D eigenvalue weighted by Crippen LogP contribution is -2.02. The number of hydrogen-bond donors (Lipinski definition) is 0. The molecule has 0 amide bonds. The Morgan fingerprint density at radius 1 is 1.60 bits per heavy atom. The van der Waals surface area contributed by atoms with Gasteiger partial charge >= 0.3 is 12.2 Å². The van der Waals surface area contributed by atoms with E-state index in [0.29, 0.717) is 0 Å². The van der Waals surface area contributed by atoms with E-state index < -0.39 is 22.9 Å². The van der Waals surface area contributed by atoms with E-state index in [-0.39, 0.29) is 11.3 Å². The molecule has 0 aromatic carbocycles. The number of ether oxygens (including phenoxy) is 1. The predicted molar refractivity (Wildman–Crippen MR) is 47.1 cm³/mol. The summed E-state index contributed by atoms with van der Waals surface area (Å²) in [5, 5.41) is 10.4. The van der Waals surface area contributed by atoms with Crippen molar-refractivity contribution >= 4 is 5.82 Å². The van der Waals surface area contributed by atoms with Crippen LogP contribution in [0.5, 0.6) is 5.75 Å². The normalized spacial score (nSPS) is 10.5. The summed E-state index contributed by atoms with van der Waals surface area (Å²) >= 11 is 0. The summed E-state index contributed by atoms with van der Waals surface area (Å²) in [5.74, 6) is -0.723. The zero-order chi connectivity index (χ0) is 11.6. The molecule has 0 bridgehead atoms. The fourth-order valence-corrected chi connectivity index (χ4v) is 1.17. The molecule has 1 aromatic heterocycles. The van der Waals surface area contributed by atoms with Gasteiger partial charge in [-0.05, 0) is 16.8 Å². The molecule has 1 heterocycles. The van der Waals surface area contributed by atoms with Crippen LogP contribution in [0.2, 0.25) is 0 Å². The van der Waals surface area contributed by atoms with Crippen molar-refractivity contribution in [3.8, 4) is 5.75 Å². The van der Waals surface area contributed by atoms with Crippen LogP contribution in [0.1, 0.15) is 17.7 Å². The molecule has 15 heavy (non-hydrogen) atoms. The third-order valence-corrected chi connectivity index (χ3v) is 1.77. The number of rotatable bonds is 3. The van der Waals surface area contributed by atoms with Gasteiger partial charge in [-0.25, -0.2) is 8.78 Å². The van der Waals surface area contributed by atoms with Crippen LogP contribution >= 0.6 is 0 Å². The molecular weight excluding hydrogens is 210 g/mol.